The molecule has 0 heterocycles. The van der Waals surface area contributed by atoms with Gasteiger partial charge in [-0.05, 0) is 68.8 Å². The van der Waals surface area contributed by atoms with Gasteiger partial charge in [-0.25, -0.2) is 0 Å². The lowest BCUT2D eigenvalue weighted by Gasteiger charge is -2.39. The molecular weight excluding hydrogens is 427 g/mol. The van der Waals surface area contributed by atoms with Crippen molar-refractivity contribution in [1.82, 2.24) is 0 Å². The van der Waals surface area contributed by atoms with Crippen molar-refractivity contribution in [2.45, 2.75) is 11.8 Å². The van der Waals surface area contributed by atoms with Crippen LogP contribution in [0.1, 0.15) is 23.1 Å². The van der Waals surface area contributed by atoms with E-state index in [0.717, 1.165) is 6.42 Å². The van der Waals surface area contributed by atoms with E-state index in [0.29, 0.717) is 5.92 Å². The molecule has 0 aliphatic heterocycles. The second-order valence-corrected chi connectivity index (χ2v) is 8.20. The molecule has 26 heavy (non-hydrogen) atoms. The highest BCUT2D eigenvalue weighted by Gasteiger charge is 2.49. The molecule has 2 aliphatic rings. The largest absolute Gasteiger partial charge is 0.0839 e. The van der Waals surface area contributed by atoms with Crippen LogP contribution in [0, 0.1) is 9.49 Å². The molecule has 3 aromatic rings. The molecule has 0 fully saturated rings. The first-order chi connectivity index (χ1) is 12.8. The molecular formula is C25H19I. The van der Waals surface area contributed by atoms with E-state index in [-0.39, 0.29) is 5.41 Å². The van der Waals surface area contributed by atoms with Crippen LogP contribution in [0.3, 0.4) is 0 Å². The maximum absolute atomic E-state index is 2.50. The van der Waals surface area contributed by atoms with E-state index < -0.39 is 0 Å². The summed E-state index contributed by atoms with van der Waals surface area (Å²) < 4.78 is 1.33. The number of benzene rings is 3. The van der Waals surface area contributed by atoms with Gasteiger partial charge in [0.2, 0.25) is 0 Å². The summed E-state index contributed by atoms with van der Waals surface area (Å²) in [6, 6.07) is 26.9. The molecule has 0 saturated heterocycles. The Labute approximate surface area is 168 Å². The van der Waals surface area contributed by atoms with Gasteiger partial charge < -0.3 is 0 Å². The lowest BCUT2D eigenvalue weighted by Crippen LogP contribution is -2.35. The topological polar surface area (TPSA) is 0 Å². The Morgan fingerprint density at radius 3 is 2.35 bits per heavy atom. The molecule has 0 aromatic heterocycles. The van der Waals surface area contributed by atoms with Gasteiger partial charge in [-0.15, -0.1) is 0 Å². The van der Waals surface area contributed by atoms with Gasteiger partial charge in [0.1, 0.15) is 0 Å². The quantitative estimate of drug-likeness (QED) is 0.383. The van der Waals surface area contributed by atoms with Crippen molar-refractivity contribution >= 4 is 22.6 Å². The van der Waals surface area contributed by atoms with Gasteiger partial charge in [0.05, 0.1) is 5.41 Å². The molecule has 0 nitrogen and oxygen atoms in total. The molecule has 2 unspecified atom stereocenters. The summed E-state index contributed by atoms with van der Waals surface area (Å²) in [7, 11) is 0. The summed E-state index contributed by atoms with van der Waals surface area (Å²) in [6.07, 6.45) is 10.2. The highest BCUT2D eigenvalue weighted by atomic mass is 127. The van der Waals surface area contributed by atoms with E-state index in [2.05, 4.69) is 120 Å². The van der Waals surface area contributed by atoms with Gasteiger partial charge in [0.25, 0.3) is 0 Å². The SMILES string of the molecule is Ic1cccc2c1-c1ccccc1C2(c1ccccc1)C1C=CC=CC1. The first-order valence-corrected chi connectivity index (χ1v) is 10.2. The Kier molecular flexibility index (Phi) is 3.86. The van der Waals surface area contributed by atoms with Crippen LogP contribution in [-0.2, 0) is 5.41 Å². The molecule has 3 aromatic carbocycles. The van der Waals surface area contributed by atoms with Crippen molar-refractivity contribution in [3.63, 3.8) is 0 Å². The zero-order valence-corrected chi connectivity index (χ0v) is 16.6. The van der Waals surface area contributed by atoms with Crippen LogP contribution in [0.2, 0.25) is 0 Å². The maximum Gasteiger partial charge on any atom is 0.0529 e. The molecule has 1 heteroatoms. The van der Waals surface area contributed by atoms with Crippen LogP contribution in [0.4, 0.5) is 0 Å². The second kappa shape index (κ2) is 6.24. The summed E-state index contributed by atoms with van der Waals surface area (Å²) in [6.45, 7) is 0. The third-order valence-corrected chi connectivity index (χ3v) is 6.72. The monoisotopic (exact) mass is 446 g/mol. The average molecular weight is 446 g/mol. The van der Waals surface area contributed by atoms with E-state index in [1.807, 2.05) is 0 Å². The molecule has 2 atom stereocenters. The van der Waals surface area contributed by atoms with Gasteiger partial charge in [-0.3, -0.25) is 0 Å². The Morgan fingerprint density at radius 2 is 1.54 bits per heavy atom. The predicted molar refractivity (Wildman–Crippen MR) is 117 cm³/mol. The number of hydrogen-bond acceptors (Lipinski definition) is 0. The van der Waals surface area contributed by atoms with E-state index >= 15 is 0 Å². The smallest absolute Gasteiger partial charge is 0.0529 e. The van der Waals surface area contributed by atoms with Crippen LogP contribution < -0.4 is 0 Å². The van der Waals surface area contributed by atoms with Crippen molar-refractivity contribution in [3.8, 4) is 11.1 Å². The van der Waals surface area contributed by atoms with Crippen LogP contribution in [0.5, 0.6) is 0 Å². The number of hydrogen-bond donors (Lipinski definition) is 0. The minimum Gasteiger partial charge on any atom is -0.0839 e. The number of rotatable bonds is 2. The zero-order chi connectivity index (χ0) is 17.6. The van der Waals surface area contributed by atoms with Gasteiger partial charge in [-0.1, -0.05) is 91.0 Å². The standard InChI is InChI=1S/C25H19I/c26-23-17-9-16-22-24(23)20-14-7-8-15-21(20)25(22,18-10-3-1-4-11-18)19-12-5-2-6-13-19/h1-12,14-17,19H,13H2. The summed E-state index contributed by atoms with van der Waals surface area (Å²) in [5.74, 6) is 0.412. The van der Waals surface area contributed by atoms with Crippen molar-refractivity contribution in [3.05, 3.63) is 117 Å². The Balaban J connectivity index is 1.93. The summed E-state index contributed by atoms with van der Waals surface area (Å²) >= 11 is 2.50. The van der Waals surface area contributed by atoms with Gasteiger partial charge >= 0.3 is 0 Å². The Morgan fingerprint density at radius 1 is 0.769 bits per heavy atom. The summed E-state index contributed by atoms with van der Waals surface area (Å²) in [5, 5.41) is 0. The minimum atomic E-state index is -0.129. The van der Waals surface area contributed by atoms with Gasteiger partial charge in [-0.2, -0.15) is 0 Å². The molecule has 0 bridgehead atoms. The Bertz CT molecular complexity index is 1030. The average Bonchev–Trinajstić information content (AvgIpc) is 3.02. The molecule has 2 aliphatic carbocycles. The van der Waals surface area contributed by atoms with Crippen molar-refractivity contribution in [1.29, 1.82) is 0 Å². The van der Waals surface area contributed by atoms with E-state index in [4.69, 9.17) is 0 Å². The fourth-order valence-electron chi connectivity index (χ4n) is 4.84. The molecule has 0 N–H and O–H groups in total. The van der Waals surface area contributed by atoms with Crippen LogP contribution in [0.25, 0.3) is 11.1 Å². The fourth-order valence-corrected chi connectivity index (χ4v) is 5.63. The molecule has 0 radical (unpaired) electrons. The van der Waals surface area contributed by atoms with E-state index in [9.17, 15) is 0 Å². The highest BCUT2D eigenvalue weighted by Crippen LogP contribution is 2.58. The molecule has 0 saturated carbocycles. The predicted octanol–water partition coefficient (Wildman–Crippen LogP) is 6.74. The van der Waals surface area contributed by atoms with E-state index in [1.165, 1.54) is 31.4 Å². The third kappa shape index (κ3) is 2.13. The van der Waals surface area contributed by atoms with Crippen LogP contribution >= 0.6 is 22.6 Å². The summed E-state index contributed by atoms with van der Waals surface area (Å²) in [4.78, 5) is 0. The molecule has 0 spiro atoms. The molecule has 5 rings (SSSR count). The lowest BCUT2D eigenvalue weighted by molar-refractivity contribution is 0.457. The number of allylic oxidation sites excluding steroid dienone is 4. The molecule has 126 valence electrons. The first-order valence-electron chi connectivity index (χ1n) is 9.11. The van der Waals surface area contributed by atoms with Gasteiger partial charge in [0.15, 0.2) is 0 Å². The number of halogens is 1. The van der Waals surface area contributed by atoms with Crippen LogP contribution in [0.15, 0.2) is 97.1 Å². The third-order valence-electron chi connectivity index (χ3n) is 5.83. The first kappa shape index (κ1) is 16.1. The summed E-state index contributed by atoms with van der Waals surface area (Å²) in [5.41, 5.74) is 6.94. The van der Waals surface area contributed by atoms with Crippen molar-refractivity contribution < 1.29 is 0 Å². The Hall–Kier alpha value is -2.13. The fraction of sp³-hybridized carbons (Fsp3) is 0.120. The molecule has 0 amide bonds. The normalized spacial score (nSPS) is 22.9. The van der Waals surface area contributed by atoms with E-state index in [1.54, 1.807) is 0 Å². The maximum atomic E-state index is 2.50. The zero-order valence-electron chi connectivity index (χ0n) is 14.4. The second-order valence-electron chi connectivity index (χ2n) is 7.04. The highest BCUT2D eigenvalue weighted by molar-refractivity contribution is 14.1. The minimum absolute atomic E-state index is 0.129. The van der Waals surface area contributed by atoms with Gasteiger partial charge in [0, 0.05) is 3.57 Å². The van der Waals surface area contributed by atoms with Crippen LogP contribution in [-0.4, -0.2) is 0 Å². The van der Waals surface area contributed by atoms with Crippen molar-refractivity contribution in [2.24, 2.45) is 5.92 Å². The number of fused-ring (bicyclic) bond motifs is 3. The lowest BCUT2D eigenvalue weighted by atomic mass is 9.62. The van der Waals surface area contributed by atoms with Crippen molar-refractivity contribution in [2.75, 3.05) is 0 Å².